The van der Waals surface area contributed by atoms with Gasteiger partial charge in [-0.15, -0.1) is 11.8 Å². The Hall–Kier alpha value is -1.21. The zero-order valence-electron chi connectivity index (χ0n) is 9.03. The van der Waals surface area contributed by atoms with E-state index in [1.807, 2.05) is 0 Å². The van der Waals surface area contributed by atoms with Crippen LogP contribution >= 0.6 is 27.7 Å². The predicted octanol–water partition coefficient (Wildman–Crippen LogP) is 2.01. The van der Waals surface area contributed by atoms with E-state index in [1.165, 1.54) is 18.9 Å². The smallest absolute Gasteiger partial charge is 0.413 e. The molecule has 1 rings (SSSR count). The zero-order valence-corrected chi connectivity index (χ0v) is 11.4. The number of alkyl carbamates (subject to hydrolysis) is 1. The monoisotopic (exact) mass is 318 g/mol. The molecule has 0 atom stereocenters. The molecule has 0 unspecified atom stereocenters. The molecule has 1 aromatic carbocycles. The van der Waals surface area contributed by atoms with Crippen LogP contribution in [0.5, 0.6) is 0 Å². The Kier molecular flexibility index (Phi) is 5.30. The fourth-order valence-electron chi connectivity index (χ4n) is 0.978. The van der Waals surface area contributed by atoms with Gasteiger partial charge in [0.2, 0.25) is 5.91 Å². The predicted molar refractivity (Wildman–Crippen MR) is 69.8 cm³/mol. The summed E-state index contributed by atoms with van der Waals surface area (Å²) in [6, 6.07) is 5.29. The molecular formula is C10H11BrN2O3S. The van der Waals surface area contributed by atoms with Crippen LogP contribution in [0.4, 0.5) is 10.5 Å². The van der Waals surface area contributed by atoms with E-state index in [-0.39, 0.29) is 5.75 Å². The van der Waals surface area contributed by atoms with Gasteiger partial charge < -0.3 is 10.5 Å². The van der Waals surface area contributed by atoms with Gasteiger partial charge in [0.25, 0.3) is 0 Å². The minimum absolute atomic E-state index is 0.123. The number of nitrogen functional groups attached to an aromatic ring is 1. The maximum Gasteiger partial charge on any atom is 0.413 e. The SMILES string of the molecule is COC(=O)NC(=O)CSc1ccc(N)cc1Br. The average Bonchev–Trinajstić information content (AvgIpc) is 2.27. The minimum atomic E-state index is -0.757. The summed E-state index contributed by atoms with van der Waals surface area (Å²) in [6.07, 6.45) is -0.757. The molecule has 92 valence electrons. The number of methoxy groups -OCH3 is 1. The molecular weight excluding hydrogens is 308 g/mol. The van der Waals surface area contributed by atoms with Crippen molar-refractivity contribution in [1.82, 2.24) is 5.32 Å². The molecule has 0 radical (unpaired) electrons. The van der Waals surface area contributed by atoms with Gasteiger partial charge in [-0.05, 0) is 34.1 Å². The third-order valence-corrected chi connectivity index (χ3v) is 3.73. The van der Waals surface area contributed by atoms with Crippen LogP contribution < -0.4 is 11.1 Å². The normalized spacial score (nSPS) is 9.76. The lowest BCUT2D eigenvalue weighted by molar-refractivity contribution is -0.117. The largest absolute Gasteiger partial charge is 0.453 e. The lowest BCUT2D eigenvalue weighted by atomic mass is 10.3. The first-order chi connectivity index (χ1) is 8.02. The number of rotatable bonds is 3. The number of ether oxygens (including phenoxy) is 1. The summed E-state index contributed by atoms with van der Waals surface area (Å²) < 4.78 is 5.12. The summed E-state index contributed by atoms with van der Waals surface area (Å²) in [7, 11) is 1.20. The Balaban J connectivity index is 2.50. The summed E-state index contributed by atoms with van der Waals surface area (Å²) in [5.41, 5.74) is 6.23. The van der Waals surface area contributed by atoms with Crippen LogP contribution in [0, 0.1) is 0 Å². The van der Waals surface area contributed by atoms with E-state index in [9.17, 15) is 9.59 Å². The van der Waals surface area contributed by atoms with Crippen molar-refractivity contribution in [3.05, 3.63) is 22.7 Å². The van der Waals surface area contributed by atoms with E-state index in [0.717, 1.165) is 9.37 Å². The fraction of sp³-hybridized carbons (Fsp3) is 0.200. The fourth-order valence-corrected chi connectivity index (χ4v) is 2.44. The highest BCUT2D eigenvalue weighted by molar-refractivity contribution is 9.10. The van der Waals surface area contributed by atoms with Crippen molar-refractivity contribution in [3.8, 4) is 0 Å². The van der Waals surface area contributed by atoms with Gasteiger partial charge in [-0.1, -0.05) is 0 Å². The maximum absolute atomic E-state index is 11.3. The van der Waals surface area contributed by atoms with Crippen molar-refractivity contribution >= 4 is 45.4 Å². The van der Waals surface area contributed by atoms with Gasteiger partial charge in [0, 0.05) is 15.1 Å². The van der Waals surface area contributed by atoms with E-state index in [4.69, 9.17) is 5.73 Å². The standard InChI is InChI=1S/C10H11BrN2O3S/c1-16-10(15)13-9(14)5-17-8-3-2-6(12)4-7(8)11/h2-4H,5,12H2,1H3,(H,13,14,15). The Bertz CT molecular complexity index is 440. The third-order valence-electron chi connectivity index (χ3n) is 1.74. The minimum Gasteiger partial charge on any atom is -0.453 e. The van der Waals surface area contributed by atoms with Crippen LogP contribution in [0.25, 0.3) is 0 Å². The number of imide groups is 1. The number of benzene rings is 1. The first kappa shape index (κ1) is 13.9. The van der Waals surface area contributed by atoms with Crippen molar-refractivity contribution in [1.29, 1.82) is 0 Å². The lowest BCUT2D eigenvalue weighted by Gasteiger charge is -2.05. The number of nitrogens with two attached hydrogens (primary N) is 1. The summed E-state index contributed by atoms with van der Waals surface area (Å²) in [5, 5.41) is 2.07. The number of hydrogen-bond donors (Lipinski definition) is 2. The van der Waals surface area contributed by atoms with E-state index >= 15 is 0 Å². The molecule has 0 saturated heterocycles. The van der Waals surface area contributed by atoms with Crippen LogP contribution in [0.2, 0.25) is 0 Å². The Morgan fingerprint density at radius 3 is 2.82 bits per heavy atom. The van der Waals surface area contributed by atoms with Crippen molar-refractivity contribution < 1.29 is 14.3 Å². The van der Waals surface area contributed by atoms with Gasteiger partial charge in [-0.25, -0.2) is 4.79 Å². The van der Waals surface area contributed by atoms with Crippen LogP contribution in [-0.2, 0) is 9.53 Å². The highest BCUT2D eigenvalue weighted by Crippen LogP contribution is 2.28. The Labute approximate surface area is 111 Å². The van der Waals surface area contributed by atoms with Crippen LogP contribution in [0.3, 0.4) is 0 Å². The second-order valence-electron chi connectivity index (χ2n) is 3.02. The molecule has 17 heavy (non-hydrogen) atoms. The molecule has 0 aliphatic carbocycles. The molecule has 0 aliphatic heterocycles. The van der Waals surface area contributed by atoms with Crippen LogP contribution in [0.15, 0.2) is 27.6 Å². The first-order valence-corrected chi connectivity index (χ1v) is 6.36. The van der Waals surface area contributed by atoms with Gasteiger partial charge in [0.15, 0.2) is 0 Å². The van der Waals surface area contributed by atoms with Gasteiger partial charge in [-0.3, -0.25) is 10.1 Å². The second-order valence-corrected chi connectivity index (χ2v) is 4.89. The first-order valence-electron chi connectivity index (χ1n) is 4.58. The molecule has 0 heterocycles. The quantitative estimate of drug-likeness (QED) is 0.658. The summed E-state index contributed by atoms with van der Waals surface area (Å²) in [5.74, 6) is -0.289. The Morgan fingerprint density at radius 2 is 2.24 bits per heavy atom. The molecule has 0 saturated carbocycles. The lowest BCUT2D eigenvalue weighted by Crippen LogP contribution is -2.31. The molecule has 2 amide bonds. The molecule has 0 aromatic heterocycles. The molecule has 3 N–H and O–H groups in total. The number of carbonyl (C=O) groups excluding carboxylic acids is 2. The molecule has 1 aromatic rings. The molecule has 5 nitrogen and oxygen atoms in total. The van der Waals surface area contributed by atoms with Crippen molar-refractivity contribution in [2.24, 2.45) is 0 Å². The van der Waals surface area contributed by atoms with Crippen molar-refractivity contribution in [3.63, 3.8) is 0 Å². The highest BCUT2D eigenvalue weighted by atomic mass is 79.9. The highest BCUT2D eigenvalue weighted by Gasteiger charge is 2.09. The van der Waals surface area contributed by atoms with E-state index in [0.29, 0.717) is 5.69 Å². The third kappa shape index (κ3) is 4.66. The van der Waals surface area contributed by atoms with Crippen LogP contribution in [-0.4, -0.2) is 24.9 Å². The van der Waals surface area contributed by atoms with Crippen molar-refractivity contribution in [2.75, 3.05) is 18.6 Å². The maximum atomic E-state index is 11.3. The molecule has 0 fully saturated rings. The van der Waals surface area contributed by atoms with Gasteiger partial charge in [-0.2, -0.15) is 0 Å². The van der Waals surface area contributed by atoms with E-state index in [1.54, 1.807) is 18.2 Å². The number of thioether (sulfide) groups is 1. The van der Waals surface area contributed by atoms with Gasteiger partial charge in [0.1, 0.15) is 0 Å². The Morgan fingerprint density at radius 1 is 1.53 bits per heavy atom. The average molecular weight is 319 g/mol. The van der Waals surface area contributed by atoms with E-state index < -0.39 is 12.0 Å². The topological polar surface area (TPSA) is 81.4 Å². The number of nitrogens with one attached hydrogen (secondary N) is 1. The number of amides is 2. The van der Waals surface area contributed by atoms with Crippen molar-refractivity contribution in [2.45, 2.75) is 4.90 Å². The second kappa shape index (κ2) is 6.51. The summed E-state index contributed by atoms with van der Waals surface area (Å²) >= 11 is 4.63. The molecule has 0 aliphatic rings. The summed E-state index contributed by atoms with van der Waals surface area (Å²) in [4.78, 5) is 22.9. The van der Waals surface area contributed by atoms with Gasteiger partial charge >= 0.3 is 6.09 Å². The van der Waals surface area contributed by atoms with Crippen LogP contribution in [0.1, 0.15) is 0 Å². The van der Waals surface area contributed by atoms with E-state index in [2.05, 4.69) is 26.0 Å². The molecule has 7 heteroatoms. The molecule has 0 bridgehead atoms. The number of halogens is 1. The summed E-state index contributed by atoms with van der Waals surface area (Å²) in [6.45, 7) is 0. The number of anilines is 1. The zero-order chi connectivity index (χ0) is 12.8. The number of carbonyl (C=O) groups is 2. The molecule has 0 spiro atoms. The van der Waals surface area contributed by atoms with Gasteiger partial charge in [0.05, 0.1) is 12.9 Å². The number of hydrogen-bond acceptors (Lipinski definition) is 5.